The summed E-state index contributed by atoms with van der Waals surface area (Å²) in [7, 11) is 0. The molecule has 2 aliphatic rings. The van der Waals surface area contributed by atoms with Gasteiger partial charge in [0.2, 0.25) is 0 Å². The number of amides is 3. The van der Waals surface area contributed by atoms with Crippen molar-refractivity contribution >= 4 is 29.4 Å². The Kier molecular flexibility index (Phi) is 4.67. The van der Waals surface area contributed by atoms with Crippen molar-refractivity contribution in [1.29, 1.82) is 0 Å². The highest BCUT2D eigenvalue weighted by Gasteiger charge is 2.51. The highest BCUT2D eigenvalue weighted by Crippen LogP contribution is 2.27. The van der Waals surface area contributed by atoms with Gasteiger partial charge in [0.05, 0.1) is 6.61 Å². The number of nitrogens with one attached hydrogen (secondary N) is 1. The smallest absolute Gasteiger partial charge is 0.331 e. The van der Waals surface area contributed by atoms with E-state index < -0.39 is 49.2 Å². The maximum absolute atomic E-state index is 12.5. The Morgan fingerprint density at radius 3 is 2.62 bits per heavy atom. The van der Waals surface area contributed by atoms with Crippen LogP contribution in [0.3, 0.4) is 0 Å². The van der Waals surface area contributed by atoms with Crippen LogP contribution in [-0.4, -0.2) is 74.5 Å². The molecule has 0 aliphatic carbocycles. The van der Waals surface area contributed by atoms with E-state index >= 15 is 0 Å². The van der Waals surface area contributed by atoms with Crippen LogP contribution in [0.25, 0.3) is 6.08 Å². The van der Waals surface area contributed by atoms with Gasteiger partial charge in [-0.15, -0.1) is 11.3 Å². The standard InChI is InChI=1S/C14H16N2O7S/c17-5-8-9(18)10(19)11(20)13(23-8)16-12(21)7(15-14(16)22)4-6-2-1-3-24-6/h1-4,8-11,13,17-20H,5H2,(H,15,22)/b7-4+/t8-,9-,10+,11-,13-/m1/s1. The SMILES string of the molecule is O=C1N/C(=C/c2cccs2)C(=O)N1[C@@H]1O[C@H](CO)[C@@H](O)[C@H](O)[C@H]1O. The van der Waals surface area contributed by atoms with E-state index in [0.29, 0.717) is 4.90 Å². The molecule has 2 fully saturated rings. The van der Waals surface area contributed by atoms with E-state index in [-0.39, 0.29) is 5.70 Å². The molecule has 2 saturated heterocycles. The second-order valence-electron chi connectivity index (χ2n) is 5.40. The van der Waals surface area contributed by atoms with Gasteiger partial charge in [-0.25, -0.2) is 9.69 Å². The molecule has 0 unspecified atom stereocenters. The van der Waals surface area contributed by atoms with Crippen LogP contribution in [0, 0.1) is 0 Å². The summed E-state index contributed by atoms with van der Waals surface area (Å²) < 4.78 is 5.25. The van der Waals surface area contributed by atoms with E-state index in [9.17, 15) is 30.0 Å². The van der Waals surface area contributed by atoms with Gasteiger partial charge < -0.3 is 30.5 Å². The quantitative estimate of drug-likeness (QED) is 0.326. The number of urea groups is 1. The van der Waals surface area contributed by atoms with Crippen LogP contribution in [0.1, 0.15) is 4.88 Å². The number of carbonyl (C=O) groups excluding carboxylic acids is 2. The van der Waals surface area contributed by atoms with E-state index in [1.807, 2.05) is 5.38 Å². The number of imide groups is 1. The third-order valence-corrected chi connectivity index (χ3v) is 4.68. The predicted octanol–water partition coefficient (Wildman–Crippen LogP) is -1.56. The first-order chi connectivity index (χ1) is 11.4. The largest absolute Gasteiger partial charge is 0.394 e. The van der Waals surface area contributed by atoms with Crippen molar-refractivity contribution in [1.82, 2.24) is 10.2 Å². The molecule has 0 spiro atoms. The molecule has 3 heterocycles. The van der Waals surface area contributed by atoms with Gasteiger partial charge in [0.25, 0.3) is 5.91 Å². The molecule has 1 aromatic heterocycles. The van der Waals surface area contributed by atoms with Crippen molar-refractivity contribution in [3.63, 3.8) is 0 Å². The third kappa shape index (κ3) is 2.83. The van der Waals surface area contributed by atoms with Crippen LogP contribution in [0.5, 0.6) is 0 Å². The molecule has 1 aromatic rings. The van der Waals surface area contributed by atoms with Crippen LogP contribution in [0.2, 0.25) is 0 Å². The molecule has 0 radical (unpaired) electrons. The summed E-state index contributed by atoms with van der Waals surface area (Å²) in [5.41, 5.74) is -0.000546. The summed E-state index contributed by atoms with van der Waals surface area (Å²) in [6.45, 7) is -0.650. The van der Waals surface area contributed by atoms with Crippen LogP contribution < -0.4 is 5.32 Å². The first kappa shape index (κ1) is 17.0. The molecule has 24 heavy (non-hydrogen) atoms. The zero-order chi connectivity index (χ0) is 17.4. The molecule has 10 heteroatoms. The Hall–Kier alpha value is -1.82. The number of thiophene rings is 1. The van der Waals surface area contributed by atoms with E-state index in [2.05, 4.69) is 5.32 Å². The lowest BCUT2D eigenvalue weighted by Gasteiger charge is -2.42. The normalized spacial score (nSPS) is 35.6. The summed E-state index contributed by atoms with van der Waals surface area (Å²) in [6.07, 6.45) is -6.20. The van der Waals surface area contributed by atoms with E-state index in [0.717, 1.165) is 4.88 Å². The van der Waals surface area contributed by atoms with Crippen LogP contribution in [0.4, 0.5) is 4.79 Å². The molecule has 0 saturated carbocycles. The van der Waals surface area contributed by atoms with Gasteiger partial charge in [0.1, 0.15) is 30.1 Å². The summed E-state index contributed by atoms with van der Waals surface area (Å²) in [5, 5.41) is 43.0. The topological polar surface area (TPSA) is 140 Å². The molecule has 0 aromatic carbocycles. The first-order valence-corrected chi connectivity index (χ1v) is 8.02. The van der Waals surface area contributed by atoms with E-state index in [4.69, 9.17) is 4.74 Å². The van der Waals surface area contributed by atoms with Gasteiger partial charge in [0, 0.05) is 4.88 Å². The van der Waals surface area contributed by atoms with E-state index in [1.54, 1.807) is 12.1 Å². The molecule has 3 rings (SSSR count). The maximum atomic E-state index is 12.5. The summed E-state index contributed by atoms with van der Waals surface area (Å²) >= 11 is 1.37. The number of rotatable bonds is 3. The Morgan fingerprint density at radius 2 is 2.00 bits per heavy atom. The Bertz CT molecular complexity index is 660. The lowest BCUT2D eigenvalue weighted by molar-refractivity contribution is -0.253. The highest BCUT2D eigenvalue weighted by molar-refractivity contribution is 7.10. The Balaban J connectivity index is 1.86. The minimum absolute atomic E-state index is 0.000546. The zero-order valence-electron chi connectivity index (χ0n) is 12.3. The molecule has 130 valence electrons. The fourth-order valence-electron chi connectivity index (χ4n) is 2.59. The lowest BCUT2D eigenvalue weighted by Crippen LogP contribution is -2.64. The summed E-state index contributed by atoms with van der Waals surface area (Å²) in [5.74, 6) is -0.738. The minimum Gasteiger partial charge on any atom is -0.394 e. The van der Waals surface area contributed by atoms with Gasteiger partial charge in [-0.1, -0.05) is 6.07 Å². The molecule has 5 atom stereocenters. The Labute approximate surface area is 140 Å². The number of nitrogens with zero attached hydrogens (tertiary/aromatic N) is 1. The van der Waals surface area contributed by atoms with Crippen molar-refractivity contribution < 1.29 is 34.8 Å². The van der Waals surface area contributed by atoms with Crippen LogP contribution in [0.15, 0.2) is 23.2 Å². The molecule has 2 aliphatic heterocycles. The molecule has 0 bridgehead atoms. The zero-order valence-corrected chi connectivity index (χ0v) is 13.1. The van der Waals surface area contributed by atoms with Crippen LogP contribution >= 0.6 is 11.3 Å². The number of hydrogen-bond acceptors (Lipinski definition) is 8. The third-order valence-electron chi connectivity index (χ3n) is 3.86. The highest BCUT2D eigenvalue weighted by atomic mass is 32.1. The van der Waals surface area contributed by atoms with Gasteiger partial charge >= 0.3 is 6.03 Å². The van der Waals surface area contributed by atoms with E-state index in [1.165, 1.54) is 17.4 Å². The Morgan fingerprint density at radius 1 is 1.25 bits per heavy atom. The van der Waals surface area contributed by atoms with Crippen molar-refractivity contribution in [2.24, 2.45) is 0 Å². The molecular formula is C14H16N2O7S. The maximum Gasteiger partial charge on any atom is 0.331 e. The summed E-state index contributed by atoms with van der Waals surface area (Å²) in [4.78, 5) is 25.9. The van der Waals surface area contributed by atoms with Crippen molar-refractivity contribution in [3.05, 3.63) is 28.1 Å². The molecule has 3 amide bonds. The fraction of sp³-hybridized carbons (Fsp3) is 0.429. The first-order valence-electron chi connectivity index (χ1n) is 7.14. The number of carbonyl (C=O) groups is 2. The second-order valence-corrected chi connectivity index (χ2v) is 6.38. The molecule has 5 N–H and O–H groups in total. The van der Waals surface area contributed by atoms with Crippen LogP contribution in [-0.2, 0) is 9.53 Å². The number of aliphatic hydroxyl groups excluding tert-OH is 4. The molecular weight excluding hydrogens is 340 g/mol. The van der Waals surface area contributed by atoms with Crippen molar-refractivity contribution in [3.8, 4) is 0 Å². The molecule has 9 nitrogen and oxygen atoms in total. The predicted molar refractivity (Wildman–Crippen MR) is 81.4 cm³/mol. The number of ether oxygens (including phenoxy) is 1. The van der Waals surface area contributed by atoms with Crippen molar-refractivity contribution in [2.45, 2.75) is 30.6 Å². The number of hydrogen-bond donors (Lipinski definition) is 5. The lowest BCUT2D eigenvalue weighted by atomic mass is 9.98. The van der Waals surface area contributed by atoms with Gasteiger partial charge in [-0.2, -0.15) is 0 Å². The number of aliphatic hydroxyl groups is 4. The summed E-state index contributed by atoms with van der Waals surface area (Å²) in [6, 6.07) is 2.72. The van der Waals surface area contributed by atoms with Gasteiger partial charge in [-0.3, -0.25) is 4.79 Å². The van der Waals surface area contributed by atoms with Crippen molar-refractivity contribution in [2.75, 3.05) is 6.61 Å². The monoisotopic (exact) mass is 356 g/mol. The van der Waals surface area contributed by atoms with Gasteiger partial charge in [0.15, 0.2) is 6.23 Å². The average molecular weight is 356 g/mol. The minimum atomic E-state index is -1.71. The second kappa shape index (κ2) is 6.59. The van der Waals surface area contributed by atoms with Gasteiger partial charge in [-0.05, 0) is 17.5 Å². The fourth-order valence-corrected chi connectivity index (χ4v) is 3.25. The average Bonchev–Trinajstić information content (AvgIpc) is 3.16.